The van der Waals surface area contributed by atoms with E-state index in [0.717, 1.165) is 24.2 Å². The molecule has 0 fully saturated rings. The summed E-state index contributed by atoms with van der Waals surface area (Å²) in [4.78, 5) is 0. The summed E-state index contributed by atoms with van der Waals surface area (Å²) in [7, 11) is 0. The Labute approximate surface area is 202 Å². The highest BCUT2D eigenvalue weighted by atomic mass is 14.9. The molecule has 0 aliphatic heterocycles. The van der Waals surface area contributed by atoms with E-state index in [2.05, 4.69) is 140 Å². The Kier molecular flexibility index (Phi) is 6.54. The standard InChI is InChI=1S/C33H29N/c1-2-8-25-9-6-12-30(23-25)31-13-7-14-33(24-31)34-32-21-19-29(20-22-32)28-17-15-27(16-18-28)26-10-4-3-5-11-26/h3-7,9-24,34H,2,8H2,1H3. The summed E-state index contributed by atoms with van der Waals surface area (Å²) in [5.74, 6) is 0. The summed E-state index contributed by atoms with van der Waals surface area (Å²) in [6.07, 6.45) is 2.28. The lowest BCUT2D eigenvalue weighted by molar-refractivity contribution is 0.922. The van der Waals surface area contributed by atoms with Crippen molar-refractivity contribution in [2.45, 2.75) is 19.8 Å². The first-order valence-electron chi connectivity index (χ1n) is 12.0. The van der Waals surface area contributed by atoms with Gasteiger partial charge in [-0.15, -0.1) is 0 Å². The Balaban J connectivity index is 1.30. The minimum atomic E-state index is 1.08. The molecule has 0 aliphatic carbocycles. The van der Waals surface area contributed by atoms with Crippen LogP contribution < -0.4 is 5.32 Å². The van der Waals surface area contributed by atoms with E-state index in [1.807, 2.05) is 0 Å². The molecule has 5 aromatic carbocycles. The largest absolute Gasteiger partial charge is 0.356 e. The molecule has 0 unspecified atom stereocenters. The summed E-state index contributed by atoms with van der Waals surface area (Å²) in [6.45, 7) is 2.22. The predicted octanol–water partition coefficient (Wildman–Crippen LogP) is 9.38. The lowest BCUT2D eigenvalue weighted by Crippen LogP contribution is -1.91. The van der Waals surface area contributed by atoms with Crippen LogP contribution in [-0.4, -0.2) is 0 Å². The molecule has 5 rings (SSSR count). The number of aryl methyl sites for hydroxylation is 1. The fourth-order valence-electron chi connectivity index (χ4n) is 4.37. The molecule has 0 spiro atoms. The number of nitrogens with one attached hydrogen (secondary N) is 1. The first kappa shape index (κ1) is 21.7. The van der Waals surface area contributed by atoms with Crippen LogP contribution in [0.1, 0.15) is 18.9 Å². The maximum Gasteiger partial charge on any atom is 0.0390 e. The van der Waals surface area contributed by atoms with Crippen LogP contribution >= 0.6 is 0 Å². The quantitative estimate of drug-likeness (QED) is 0.266. The molecule has 0 saturated heterocycles. The molecular formula is C33H29N. The Morgan fingerprint density at radius 1 is 0.441 bits per heavy atom. The van der Waals surface area contributed by atoms with Gasteiger partial charge < -0.3 is 5.32 Å². The third-order valence-electron chi connectivity index (χ3n) is 6.16. The zero-order chi connectivity index (χ0) is 23.2. The topological polar surface area (TPSA) is 12.0 Å². The van der Waals surface area contributed by atoms with Crippen LogP contribution in [0.2, 0.25) is 0 Å². The van der Waals surface area contributed by atoms with E-state index in [0.29, 0.717) is 0 Å². The average molecular weight is 440 g/mol. The van der Waals surface area contributed by atoms with E-state index in [1.165, 1.54) is 38.9 Å². The highest BCUT2D eigenvalue weighted by Gasteiger charge is 2.04. The van der Waals surface area contributed by atoms with Gasteiger partial charge in [0.2, 0.25) is 0 Å². The summed E-state index contributed by atoms with van der Waals surface area (Å²) in [5.41, 5.74) is 11.0. The van der Waals surface area contributed by atoms with E-state index in [4.69, 9.17) is 0 Å². The van der Waals surface area contributed by atoms with Gasteiger partial charge in [-0.1, -0.05) is 116 Å². The zero-order valence-electron chi connectivity index (χ0n) is 19.5. The third-order valence-corrected chi connectivity index (χ3v) is 6.16. The first-order valence-corrected chi connectivity index (χ1v) is 12.0. The van der Waals surface area contributed by atoms with E-state index >= 15 is 0 Å². The van der Waals surface area contributed by atoms with Crippen molar-refractivity contribution in [2.24, 2.45) is 0 Å². The van der Waals surface area contributed by atoms with Crippen LogP contribution in [0.25, 0.3) is 33.4 Å². The SMILES string of the molecule is CCCc1cccc(-c2cccc(Nc3ccc(-c4ccc(-c5ccccc5)cc4)cc3)c2)c1. The Bertz CT molecular complexity index is 1350. The second-order valence-corrected chi connectivity index (χ2v) is 8.68. The van der Waals surface area contributed by atoms with Gasteiger partial charge in [-0.25, -0.2) is 0 Å². The molecular weight excluding hydrogens is 410 g/mol. The molecule has 0 amide bonds. The van der Waals surface area contributed by atoms with Crippen LogP contribution in [0, 0.1) is 0 Å². The van der Waals surface area contributed by atoms with Gasteiger partial charge in [0.25, 0.3) is 0 Å². The highest BCUT2D eigenvalue weighted by Crippen LogP contribution is 2.28. The Morgan fingerprint density at radius 2 is 0.971 bits per heavy atom. The van der Waals surface area contributed by atoms with Gasteiger partial charge in [-0.3, -0.25) is 0 Å². The number of hydrogen-bond donors (Lipinski definition) is 1. The number of rotatable bonds is 7. The smallest absolute Gasteiger partial charge is 0.0390 e. The van der Waals surface area contributed by atoms with E-state index < -0.39 is 0 Å². The molecule has 0 bridgehead atoms. The molecule has 0 radical (unpaired) electrons. The monoisotopic (exact) mass is 439 g/mol. The van der Waals surface area contributed by atoms with Crippen molar-refractivity contribution in [1.82, 2.24) is 0 Å². The van der Waals surface area contributed by atoms with Crippen LogP contribution in [-0.2, 0) is 6.42 Å². The van der Waals surface area contributed by atoms with E-state index in [1.54, 1.807) is 0 Å². The Morgan fingerprint density at radius 3 is 1.62 bits per heavy atom. The summed E-state index contributed by atoms with van der Waals surface area (Å²) < 4.78 is 0. The second kappa shape index (κ2) is 10.2. The molecule has 34 heavy (non-hydrogen) atoms. The molecule has 5 aromatic rings. The van der Waals surface area contributed by atoms with Gasteiger partial charge in [0.05, 0.1) is 0 Å². The minimum absolute atomic E-state index is 1.08. The van der Waals surface area contributed by atoms with Crippen molar-refractivity contribution in [3.63, 3.8) is 0 Å². The molecule has 0 saturated carbocycles. The molecule has 166 valence electrons. The minimum Gasteiger partial charge on any atom is -0.356 e. The zero-order valence-corrected chi connectivity index (χ0v) is 19.5. The normalized spacial score (nSPS) is 10.7. The second-order valence-electron chi connectivity index (χ2n) is 8.68. The fraction of sp³-hybridized carbons (Fsp3) is 0.0909. The summed E-state index contributed by atoms with van der Waals surface area (Å²) in [5, 5.41) is 3.56. The number of benzene rings is 5. The van der Waals surface area contributed by atoms with Gasteiger partial charge in [0.15, 0.2) is 0 Å². The van der Waals surface area contributed by atoms with Crippen LogP contribution in [0.4, 0.5) is 11.4 Å². The lowest BCUT2D eigenvalue weighted by atomic mass is 10.00. The average Bonchev–Trinajstić information content (AvgIpc) is 2.90. The molecule has 0 aromatic heterocycles. The van der Waals surface area contributed by atoms with Gasteiger partial charge >= 0.3 is 0 Å². The van der Waals surface area contributed by atoms with Crippen molar-refractivity contribution >= 4 is 11.4 Å². The van der Waals surface area contributed by atoms with Gasteiger partial charge in [0.1, 0.15) is 0 Å². The van der Waals surface area contributed by atoms with Crippen molar-refractivity contribution in [2.75, 3.05) is 5.32 Å². The summed E-state index contributed by atoms with van der Waals surface area (Å²) in [6, 6.07) is 45.4. The van der Waals surface area contributed by atoms with Crippen LogP contribution in [0.15, 0.2) is 127 Å². The van der Waals surface area contributed by atoms with Crippen molar-refractivity contribution in [3.05, 3.63) is 133 Å². The molecule has 0 heterocycles. The Hall–Kier alpha value is -4.10. The maximum absolute atomic E-state index is 3.56. The highest BCUT2D eigenvalue weighted by molar-refractivity contribution is 5.74. The lowest BCUT2D eigenvalue weighted by Gasteiger charge is -2.11. The van der Waals surface area contributed by atoms with Gasteiger partial charge in [0, 0.05) is 11.4 Å². The van der Waals surface area contributed by atoms with Gasteiger partial charge in [-0.2, -0.15) is 0 Å². The number of hydrogen-bond acceptors (Lipinski definition) is 1. The van der Waals surface area contributed by atoms with Crippen LogP contribution in [0.5, 0.6) is 0 Å². The number of anilines is 2. The molecule has 1 N–H and O–H groups in total. The maximum atomic E-state index is 3.56. The molecule has 0 aliphatic rings. The van der Waals surface area contributed by atoms with Crippen molar-refractivity contribution in [3.8, 4) is 33.4 Å². The fourth-order valence-corrected chi connectivity index (χ4v) is 4.37. The third kappa shape index (κ3) is 5.10. The summed E-state index contributed by atoms with van der Waals surface area (Å²) >= 11 is 0. The van der Waals surface area contributed by atoms with Crippen LogP contribution in [0.3, 0.4) is 0 Å². The van der Waals surface area contributed by atoms with E-state index in [9.17, 15) is 0 Å². The first-order chi connectivity index (χ1) is 16.8. The van der Waals surface area contributed by atoms with Crippen molar-refractivity contribution < 1.29 is 0 Å². The molecule has 0 atom stereocenters. The van der Waals surface area contributed by atoms with E-state index in [-0.39, 0.29) is 0 Å². The van der Waals surface area contributed by atoms with Crippen molar-refractivity contribution in [1.29, 1.82) is 0 Å². The molecule has 1 heteroatoms. The molecule has 1 nitrogen and oxygen atoms in total. The van der Waals surface area contributed by atoms with Gasteiger partial charge in [-0.05, 0) is 69.6 Å². The predicted molar refractivity (Wildman–Crippen MR) is 146 cm³/mol.